The summed E-state index contributed by atoms with van der Waals surface area (Å²) in [6.07, 6.45) is 0. The van der Waals surface area contributed by atoms with Crippen molar-refractivity contribution < 1.29 is 0 Å². The number of para-hydroxylation sites is 6. The van der Waals surface area contributed by atoms with Gasteiger partial charge in [0.25, 0.3) is 0 Å². The maximum Gasteiger partial charge on any atom is 0.237 e. The minimum atomic E-state index is 0.606. The van der Waals surface area contributed by atoms with Gasteiger partial charge in [0.15, 0.2) is 11.6 Å². The molecule has 0 spiro atoms. The van der Waals surface area contributed by atoms with Gasteiger partial charge in [0.2, 0.25) is 5.95 Å². The Morgan fingerprint density at radius 1 is 0.204 bits per heavy atom. The third-order valence-electron chi connectivity index (χ3n) is 22.8. The van der Waals surface area contributed by atoms with Crippen molar-refractivity contribution in [1.82, 2.24) is 42.4 Å². The first-order chi connectivity index (χ1) is 51.1. The molecule has 0 radical (unpaired) electrons. The van der Waals surface area contributed by atoms with Crippen LogP contribution in [0, 0.1) is 0 Å². The van der Waals surface area contributed by atoms with Crippen molar-refractivity contribution in [2.75, 3.05) is 0 Å². The number of aromatic nitrogens is 9. The molecule has 25 rings (SSSR count). The van der Waals surface area contributed by atoms with Crippen molar-refractivity contribution in [3.8, 4) is 40.1 Å². The van der Waals surface area contributed by atoms with E-state index in [1.807, 2.05) is 0 Å². The smallest absolute Gasteiger partial charge is 0.237 e. The van der Waals surface area contributed by atoms with Crippen LogP contribution in [-0.4, -0.2) is 42.4 Å². The summed E-state index contributed by atoms with van der Waals surface area (Å²) in [4.78, 5) is 22.4. The minimum absolute atomic E-state index is 0.606. The molecule has 0 aliphatic rings. The second-order valence-electron chi connectivity index (χ2n) is 28.0. The van der Waals surface area contributed by atoms with E-state index in [-0.39, 0.29) is 0 Å². The van der Waals surface area contributed by atoms with Gasteiger partial charge in [-0.05, 0) is 147 Å². The molecule has 0 aliphatic heterocycles. The average Bonchev–Trinajstić information content (AvgIpc) is 1.52. The van der Waals surface area contributed by atoms with Crippen LogP contribution in [0.15, 0.2) is 309 Å². The van der Waals surface area contributed by atoms with E-state index in [0.29, 0.717) is 11.8 Å². The van der Waals surface area contributed by atoms with Crippen LogP contribution in [0.3, 0.4) is 0 Å². The molecule has 0 saturated heterocycles. The Hall–Kier alpha value is -14.0. The Labute approximate surface area is 584 Å². The summed E-state index contributed by atoms with van der Waals surface area (Å²) in [5.74, 6) is 2.98. The fourth-order valence-electron chi connectivity index (χ4n) is 18.5. The van der Waals surface area contributed by atoms with Crippen LogP contribution in [0.25, 0.3) is 236 Å². The van der Waals surface area contributed by atoms with E-state index in [0.717, 1.165) is 110 Å². The van der Waals surface area contributed by atoms with Gasteiger partial charge >= 0.3 is 0 Å². The second kappa shape index (κ2) is 19.5. The molecule has 9 heteroatoms. The lowest BCUT2D eigenvalue weighted by atomic mass is 9.98. The van der Waals surface area contributed by atoms with Gasteiger partial charge in [0.1, 0.15) is 5.82 Å². The summed E-state index contributed by atoms with van der Waals surface area (Å²) in [5, 5.41) is 25.9. The largest absolute Gasteiger partial charge is 0.308 e. The molecule has 103 heavy (non-hydrogen) atoms. The van der Waals surface area contributed by atoms with E-state index in [4.69, 9.17) is 19.9 Å². The number of hydrogen-bond acceptors (Lipinski definition) is 4. The molecule has 9 heterocycles. The predicted octanol–water partition coefficient (Wildman–Crippen LogP) is 24.0. The standard InChI is InChI=1S/C94H51N9/c1-3-23-55-47-81-69(44-53(55)21-1)71-50-84-85(87-66-32-12-16-37-76(66)99(81)89(71)87)65-31-11-18-39-78(65)102(84)93-63-29-8-14-35-74(63)96-94(98-93)103-75-36-15-9-27-60(75)68-46-57(41-43-79(68)103)58-40-42-67-80(49-58)100-82-48-56-24-4-2-22-54(56)45-70(82)72-51-83-86(88(67)90(72)100)64-30-10-17-38-77(64)101(83)92-62-28-7-13-34-73(62)95-91(97-92)61-33-19-25-52-20-5-6-26-59(52)61/h1-51H. The van der Waals surface area contributed by atoms with Crippen molar-refractivity contribution in [3.63, 3.8) is 0 Å². The second-order valence-corrected chi connectivity index (χ2v) is 28.0. The molecule has 472 valence electrons. The fourth-order valence-corrected chi connectivity index (χ4v) is 18.5. The Kier molecular flexibility index (Phi) is 10.2. The van der Waals surface area contributed by atoms with E-state index < -0.39 is 0 Å². The average molecular weight is 1310 g/mol. The van der Waals surface area contributed by atoms with Crippen LogP contribution < -0.4 is 0 Å². The zero-order chi connectivity index (χ0) is 66.6. The highest BCUT2D eigenvalue weighted by molar-refractivity contribution is 6.38. The molecule has 16 aromatic carbocycles. The molecule has 9 aromatic heterocycles. The van der Waals surface area contributed by atoms with E-state index in [1.165, 1.54) is 114 Å². The van der Waals surface area contributed by atoms with Gasteiger partial charge in [0.05, 0.1) is 77.2 Å². The molecule has 0 bridgehead atoms. The summed E-state index contributed by atoms with van der Waals surface area (Å²) in [7, 11) is 0. The molecular weight excluding hydrogens is 1260 g/mol. The Morgan fingerprint density at radius 2 is 0.621 bits per heavy atom. The zero-order valence-corrected chi connectivity index (χ0v) is 55.0. The lowest BCUT2D eigenvalue weighted by Gasteiger charge is -2.14. The van der Waals surface area contributed by atoms with Crippen LogP contribution in [-0.2, 0) is 0 Å². The maximum atomic E-state index is 5.86. The Balaban J connectivity index is 0.710. The zero-order valence-electron chi connectivity index (χ0n) is 55.0. The lowest BCUT2D eigenvalue weighted by molar-refractivity contribution is 0.973. The van der Waals surface area contributed by atoms with Crippen LogP contribution in [0.4, 0.5) is 0 Å². The summed E-state index contributed by atoms with van der Waals surface area (Å²) in [6.45, 7) is 0. The topological polar surface area (TPSA) is 75.2 Å². The number of fused-ring (bicyclic) bond motifs is 28. The highest BCUT2D eigenvalue weighted by Gasteiger charge is 2.30. The van der Waals surface area contributed by atoms with Crippen molar-refractivity contribution in [2.45, 2.75) is 0 Å². The number of benzene rings is 16. The van der Waals surface area contributed by atoms with E-state index in [1.54, 1.807) is 0 Å². The van der Waals surface area contributed by atoms with E-state index >= 15 is 0 Å². The maximum absolute atomic E-state index is 5.86. The van der Waals surface area contributed by atoms with Crippen molar-refractivity contribution in [3.05, 3.63) is 309 Å². The third-order valence-corrected chi connectivity index (χ3v) is 22.8. The van der Waals surface area contributed by atoms with Gasteiger partial charge in [-0.1, -0.05) is 206 Å². The Bertz CT molecular complexity index is 8130. The molecule has 0 saturated carbocycles. The SMILES string of the molecule is c1ccc2cc3c(cc2c1)c1cc2c(c4ccccc4n2-c2nc(-c4cccc5ccccc45)nc4ccccc24)c2c4ccc(-c5ccc6c(c5)c5ccccc5n6-c5nc(-n6c7ccccc7c7c8c9ccccc9n9c%10cc%11ccccc%11cc%10c(cc76)c89)c6ccccc6n5)cc4n3c12. The first-order valence-electron chi connectivity index (χ1n) is 35.3. The fraction of sp³-hybridized carbons (Fsp3) is 0. The van der Waals surface area contributed by atoms with Gasteiger partial charge in [-0.25, -0.2) is 15.0 Å². The highest BCUT2D eigenvalue weighted by Crippen LogP contribution is 2.51. The summed E-state index contributed by atoms with van der Waals surface area (Å²) >= 11 is 0. The molecular formula is C94H51N9. The van der Waals surface area contributed by atoms with Gasteiger partial charge in [0, 0.05) is 91.7 Å². The summed E-state index contributed by atoms with van der Waals surface area (Å²) in [5.41, 5.74) is 18.6. The number of rotatable bonds is 5. The summed E-state index contributed by atoms with van der Waals surface area (Å²) in [6, 6.07) is 114. The summed E-state index contributed by atoms with van der Waals surface area (Å²) < 4.78 is 12.2. The number of hydrogen-bond donors (Lipinski definition) is 0. The number of nitrogens with zero attached hydrogens (tertiary/aromatic N) is 9. The van der Waals surface area contributed by atoms with Crippen LogP contribution in [0.1, 0.15) is 0 Å². The van der Waals surface area contributed by atoms with Crippen molar-refractivity contribution in [2.24, 2.45) is 0 Å². The molecule has 0 N–H and O–H groups in total. The molecule has 0 fully saturated rings. The normalized spacial score (nSPS) is 12.7. The minimum Gasteiger partial charge on any atom is -0.308 e. The lowest BCUT2D eigenvalue weighted by Crippen LogP contribution is -2.07. The van der Waals surface area contributed by atoms with Gasteiger partial charge in [-0.2, -0.15) is 4.98 Å². The van der Waals surface area contributed by atoms with Crippen LogP contribution in [0.2, 0.25) is 0 Å². The van der Waals surface area contributed by atoms with Crippen LogP contribution >= 0.6 is 0 Å². The van der Waals surface area contributed by atoms with Gasteiger partial charge in [-0.3, -0.25) is 13.7 Å². The van der Waals surface area contributed by atoms with Gasteiger partial charge in [-0.15, -0.1) is 0 Å². The Morgan fingerprint density at radius 3 is 1.24 bits per heavy atom. The molecule has 9 nitrogen and oxygen atoms in total. The molecule has 0 amide bonds. The molecule has 0 unspecified atom stereocenters. The predicted molar refractivity (Wildman–Crippen MR) is 428 cm³/mol. The molecule has 0 atom stereocenters. The van der Waals surface area contributed by atoms with Gasteiger partial charge < -0.3 is 8.80 Å². The van der Waals surface area contributed by atoms with Crippen molar-refractivity contribution >= 4 is 196 Å². The van der Waals surface area contributed by atoms with Crippen molar-refractivity contribution in [1.29, 1.82) is 0 Å². The first kappa shape index (κ1) is 54.0. The highest BCUT2D eigenvalue weighted by atomic mass is 15.2. The van der Waals surface area contributed by atoms with E-state index in [2.05, 4.69) is 332 Å². The van der Waals surface area contributed by atoms with Crippen LogP contribution in [0.5, 0.6) is 0 Å². The quantitative estimate of drug-likeness (QED) is 0.172. The first-order valence-corrected chi connectivity index (χ1v) is 35.3. The van der Waals surface area contributed by atoms with E-state index in [9.17, 15) is 0 Å². The monoisotopic (exact) mass is 1310 g/mol. The third kappa shape index (κ3) is 6.99. The molecule has 0 aliphatic carbocycles. The molecule has 25 aromatic rings.